The Labute approximate surface area is 860 Å². The number of benzene rings is 3. The van der Waals surface area contributed by atoms with E-state index in [1.807, 2.05) is 300 Å². The number of aromatic amines is 3. The Morgan fingerprint density at radius 2 is 0.678 bits per heavy atom. The second kappa shape index (κ2) is 46.9. The third-order valence-electron chi connectivity index (χ3n) is 23.5. The smallest absolute Gasteiger partial charge is 0.410 e. The first kappa shape index (κ1) is 111. The third kappa shape index (κ3) is 32.8. The molecule has 0 spiro atoms. The van der Waals surface area contributed by atoms with E-state index in [0.717, 1.165) is 151 Å². The molecule has 0 radical (unpaired) electrons. The van der Waals surface area contributed by atoms with Gasteiger partial charge in [-0.3, -0.25) is 29.7 Å². The van der Waals surface area contributed by atoms with Crippen molar-refractivity contribution in [2.24, 2.45) is 4.99 Å². The summed E-state index contributed by atoms with van der Waals surface area (Å²) in [6.07, 6.45) is 18.1. The molecule has 3 aliphatic rings. The van der Waals surface area contributed by atoms with E-state index >= 15 is 0 Å². The molecular weight excluding hydrogens is 1880 g/mol. The zero-order chi connectivity index (χ0) is 106. The van der Waals surface area contributed by atoms with Crippen LogP contribution in [0.2, 0.25) is 51.4 Å². The lowest BCUT2D eigenvalue weighted by Gasteiger charge is -2.28. The van der Waals surface area contributed by atoms with Crippen molar-refractivity contribution in [2.45, 2.75) is 319 Å². The molecule has 3 aliphatic heterocycles. The minimum absolute atomic E-state index is 0.0280. The first-order chi connectivity index (χ1) is 68.4. The number of hydrogen-bond acceptors (Lipinski definition) is 23. The number of allylic oxidation sites excluding steroid dienone is 1. The van der Waals surface area contributed by atoms with E-state index in [0.29, 0.717) is 69.5 Å². The van der Waals surface area contributed by atoms with Crippen molar-refractivity contribution in [2.75, 3.05) is 26.3 Å². The van der Waals surface area contributed by atoms with Crippen LogP contribution in [-0.4, -0.2) is 198 Å². The lowest BCUT2D eigenvalue weighted by molar-refractivity contribution is 0.0215. The van der Waals surface area contributed by atoms with Gasteiger partial charge >= 0.3 is 36.6 Å². The van der Waals surface area contributed by atoms with Gasteiger partial charge in [0.1, 0.15) is 76.2 Å². The molecule has 7 N–H and O–H groups in total. The molecule has 146 heavy (non-hydrogen) atoms. The average molecular weight is 2030 g/mol. The number of alkyl carbamates (subject to hydrolysis) is 4. The number of likely N-dealkylation sites (tertiary alicyclic amines) is 2. The van der Waals surface area contributed by atoms with Gasteiger partial charge in [0.25, 0.3) is 0 Å². The molecule has 8 aromatic heterocycles. The average Bonchev–Trinajstić information content (AvgIpc) is 1.68. The largest absolute Gasteiger partial charge is 0.444 e. The minimum atomic E-state index is -1.27. The number of imidazole rings is 5. The summed E-state index contributed by atoms with van der Waals surface area (Å²) in [6, 6.07) is 36.8. The summed E-state index contributed by atoms with van der Waals surface area (Å²) in [4.78, 5) is 131. The normalized spacial score (nSPS) is 15.5. The topological polar surface area (TPSA) is 404 Å². The molecule has 782 valence electrons. The maximum absolute atomic E-state index is 12.8. The van der Waals surface area contributed by atoms with Gasteiger partial charge in [-0.1, -0.05) is 118 Å². The summed E-state index contributed by atoms with van der Waals surface area (Å²) < 4.78 is 49.2. The highest BCUT2D eigenvalue weighted by atomic mass is 28.3. The number of nitrogens with zero attached hydrogens (tertiary/aromatic N) is 13. The Kier molecular flexibility index (Phi) is 35.8. The summed E-state index contributed by atoms with van der Waals surface area (Å²) in [5, 5.41) is 11.4. The molecule has 6 atom stereocenters. The van der Waals surface area contributed by atoms with E-state index in [4.69, 9.17) is 62.8 Å². The number of amides is 6. The number of rotatable bonds is 29. The Hall–Kier alpha value is -13.5. The van der Waals surface area contributed by atoms with Gasteiger partial charge < -0.3 is 83.2 Å². The molecule has 36 heteroatoms. The van der Waals surface area contributed by atoms with Crippen LogP contribution in [0, 0.1) is 0 Å². The lowest BCUT2D eigenvalue weighted by Crippen LogP contribution is -2.43. The first-order valence-corrected chi connectivity index (χ1v) is 57.7. The highest BCUT2D eigenvalue weighted by Gasteiger charge is 2.39. The second-order valence-electron chi connectivity index (χ2n) is 45.7. The van der Waals surface area contributed by atoms with Crippen molar-refractivity contribution in [3.05, 3.63) is 200 Å². The molecule has 0 bridgehead atoms. The van der Waals surface area contributed by atoms with Gasteiger partial charge in [-0.2, -0.15) is 0 Å². The molecule has 2 fully saturated rings. The van der Waals surface area contributed by atoms with E-state index in [9.17, 15) is 28.8 Å². The van der Waals surface area contributed by atoms with Gasteiger partial charge in [0, 0.05) is 107 Å². The van der Waals surface area contributed by atoms with E-state index < -0.39 is 86.2 Å². The van der Waals surface area contributed by atoms with Crippen LogP contribution in [0.1, 0.15) is 249 Å². The number of ether oxygens (including phenoxy) is 8. The Balaban J connectivity index is 0.000000195. The maximum atomic E-state index is 12.8. The highest BCUT2D eigenvalue weighted by molar-refractivity contribution is 6.76. The fraction of sp³-hybridized carbons (Fsp3) is 0.482. The summed E-state index contributed by atoms with van der Waals surface area (Å²) in [7, 11) is -2.54. The third-order valence-corrected chi connectivity index (χ3v) is 26.9. The molecule has 0 aliphatic carbocycles. The number of nitrogens with one attached hydrogen (secondary N) is 7. The highest BCUT2D eigenvalue weighted by Crippen LogP contribution is 2.38. The Morgan fingerprint density at radius 3 is 1.02 bits per heavy atom. The van der Waals surface area contributed by atoms with Crippen LogP contribution in [0.5, 0.6) is 0 Å². The van der Waals surface area contributed by atoms with Crippen LogP contribution < -0.4 is 21.3 Å². The van der Waals surface area contributed by atoms with Crippen molar-refractivity contribution in [3.63, 3.8) is 0 Å². The van der Waals surface area contributed by atoms with Gasteiger partial charge in [-0.25, -0.2) is 53.7 Å². The number of aromatic nitrogens is 13. The van der Waals surface area contributed by atoms with Crippen molar-refractivity contribution in [1.29, 1.82) is 0 Å². The second-order valence-corrected chi connectivity index (χ2v) is 57.0. The first-order valence-electron chi connectivity index (χ1n) is 50.3. The van der Waals surface area contributed by atoms with E-state index in [-0.39, 0.29) is 36.4 Å². The van der Waals surface area contributed by atoms with Crippen molar-refractivity contribution in [1.82, 2.24) is 95.0 Å². The zero-order valence-electron chi connectivity index (χ0n) is 90.3. The number of carbonyl (C=O) groups excluding carboxylic acids is 6. The molecule has 0 unspecified atom stereocenters. The van der Waals surface area contributed by atoms with Crippen LogP contribution in [0.3, 0.4) is 0 Å². The molecule has 11 aromatic rings. The maximum Gasteiger partial charge on any atom is 0.410 e. The SMILES string of the molecule is C[C@H](NC(=O)OC(C)(C)C)c1ncc(-c2ccc(-c3ccc(-c4cnc([C@@H]5CCCN5C(=O)OC(C)(C)C)[nH]4)cc3)nc2)n1COCC[Si](C)(C)C.C[C@H](NC(=O)OC(C)(C)C)c1ncc(-c2ccc(-c3ccc(-c4cnc([C@H](C)NC(=O)OC(C)(C)C)n4COCC[Si](C)(C)C)cn3)cc2)[nH]1.C[C@H](NC(=O)OC(C)(C)C)c1ncc(-c2ccc(-c3ccc(C4=CN=C([C@@H]5CCCN5C(=O)OC(C)(C)C)C4)cn3)cc2)[nH]1. The Morgan fingerprint density at radius 1 is 0.363 bits per heavy atom. The van der Waals surface area contributed by atoms with Gasteiger partial charge in [0.05, 0.1) is 113 Å². The van der Waals surface area contributed by atoms with Gasteiger partial charge in [0.15, 0.2) is 0 Å². The van der Waals surface area contributed by atoms with Crippen LogP contribution >= 0.6 is 0 Å². The van der Waals surface area contributed by atoms with Crippen molar-refractivity contribution in [3.8, 4) is 90.1 Å². The summed E-state index contributed by atoms with van der Waals surface area (Å²) in [5.41, 5.74) is 14.0. The fourth-order valence-electron chi connectivity index (χ4n) is 16.3. The Bertz CT molecular complexity index is 6310. The number of pyridine rings is 3. The molecular formula is C110H150N20O14Si2. The van der Waals surface area contributed by atoms with E-state index in [1.54, 1.807) is 29.7 Å². The monoisotopic (exact) mass is 2030 g/mol. The molecule has 0 saturated carbocycles. The van der Waals surface area contributed by atoms with Crippen LogP contribution in [0.4, 0.5) is 28.8 Å². The standard InChI is InChI=1S/C39H55N7O5Si.C37H53N7O5Si.C34H42N6O4/c1-26(43-36(47)50-38(2,3)4)35-42-24-33(46(35)25-49-20-21-52(8,9)10)29-17-18-30(40-22-29)27-13-15-28(16-14-27)31-23-41-34(44-31)32-12-11-19-45(32)37(48)51-39(5,6)7;1-24(41-34(45)48-36(3,4)5)32-39-21-30(43-32)27-14-12-26(13-15-27)29-17-16-28(20-38-29)31-22-40-33(25(2)42-35(46)49-37(6,7)8)44(31)23-47-18-19-50(9,10)11;1-21(38-31(41)43-33(2,3)4)30-37-20-28(39-30)23-12-10-22(11-13-23)26-15-14-24(18-35-26)25-17-27(36-19-25)29-9-8-16-40(29)32(42)44-34(5,6)7/h13-18,22-24,26,32H,11-12,19-21,25H2,1-10H3,(H,41,44)(H,43,47);12-17,20-22,24-25H,18-19,23H2,1-11H3,(H,39,43)(H,41,45)(H,42,46);10-15,18-21,29H,8-9,16-17H2,1-7H3,(H,37,39)(H,38,41)/t26-,32-;24-,25-;21-,29-/m000/s1. The fourth-order valence-corrected chi connectivity index (χ4v) is 17.8. The molecule has 14 rings (SSSR count). The number of hydrogen-bond donors (Lipinski definition) is 7. The van der Waals surface area contributed by atoms with E-state index in [2.05, 4.69) is 102 Å². The summed E-state index contributed by atoms with van der Waals surface area (Å²) >= 11 is 0. The number of H-pyrrole nitrogens is 3. The van der Waals surface area contributed by atoms with Gasteiger partial charge in [0.2, 0.25) is 0 Å². The summed E-state index contributed by atoms with van der Waals surface area (Å²) in [5.74, 6) is 3.37. The molecule has 2 saturated heterocycles. The predicted molar refractivity (Wildman–Crippen MR) is 574 cm³/mol. The van der Waals surface area contributed by atoms with Crippen LogP contribution in [0.15, 0.2) is 170 Å². The van der Waals surface area contributed by atoms with Crippen LogP contribution in [-0.2, 0) is 51.4 Å². The molecule has 3 aromatic carbocycles. The molecule has 11 heterocycles. The van der Waals surface area contributed by atoms with Crippen molar-refractivity contribution >= 4 is 64.0 Å². The van der Waals surface area contributed by atoms with E-state index in [1.165, 1.54) is 0 Å². The number of aliphatic imine (C=N–C) groups is 1. The minimum Gasteiger partial charge on any atom is -0.444 e. The molecule has 6 amide bonds. The number of carbonyl (C=O) groups is 6. The van der Waals surface area contributed by atoms with Crippen LogP contribution in [0.25, 0.3) is 95.6 Å². The van der Waals surface area contributed by atoms with Gasteiger partial charge in [-0.05, 0) is 248 Å². The molecule has 34 nitrogen and oxygen atoms in total. The summed E-state index contributed by atoms with van der Waals surface area (Å²) in [6.45, 7) is 57.9. The van der Waals surface area contributed by atoms with Crippen molar-refractivity contribution < 1.29 is 66.7 Å². The lowest BCUT2D eigenvalue weighted by atomic mass is 9.99. The predicted octanol–water partition coefficient (Wildman–Crippen LogP) is 24.8. The van der Waals surface area contributed by atoms with Gasteiger partial charge in [-0.15, -0.1) is 0 Å². The quantitative estimate of drug-likeness (QED) is 0.0130. The zero-order valence-corrected chi connectivity index (χ0v) is 92.3.